The Morgan fingerprint density at radius 1 is 1.57 bits per heavy atom. The third-order valence-corrected chi connectivity index (χ3v) is 2.35. The van der Waals surface area contributed by atoms with Gasteiger partial charge in [-0.25, -0.2) is 0 Å². The lowest BCUT2D eigenvalue weighted by molar-refractivity contribution is -0.115. The quantitative estimate of drug-likeness (QED) is 0.766. The second kappa shape index (κ2) is 4.83. The van der Waals surface area contributed by atoms with Gasteiger partial charge < -0.3 is 0 Å². The number of thiol groups is 1. The number of benzene rings is 1. The van der Waals surface area contributed by atoms with E-state index in [1.807, 2.05) is 19.1 Å². The standard InChI is InChI=1S/C11H11NOS/c1-8-2-3-9(4-10(8)6-12)5-11(13)7-14/h2-4,14H,5,7H2,1H3. The molecule has 0 fully saturated rings. The van der Waals surface area contributed by atoms with Crippen LogP contribution < -0.4 is 0 Å². The van der Waals surface area contributed by atoms with Gasteiger partial charge in [-0.05, 0) is 24.1 Å². The smallest absolute Gasteiger partial charge is 0.146 e. The fraction of sp³-hybridized carbons (Fsp3) is 0.273. The lowest BCUT2D eigenvalue weighted by Gasteiger charge is -2.01. The summed E-state index contributed by atoms with van der Waals surface area (Å²) in [5, 5.41) is 8.78. The average molecular weight is 205 g/mol. The lowest BCUT2D eigenvalue weighted by Crippen LogP contribution is -2.04. The van der Waals surface area contributed by atoms with Crippen molar-refractivity contribution in [3.63, 3.8) is 0 Å². The van der Waals surface area contributed by atoms with Crippen LogP contribution in [-0.4, -0.2) is 11.5 Å². The van der Waals surface area contributed by atoms with Gasteiger partial charge in [0.1, 0.15) is 5.78 Å². The van der Waals surface area contributed by atoms with Crippen molar-refractivity contribution in [2.45, 2.75) is 13.3 Å². The molecule has 1 rings (SSSR count). The predicted octanol–water partition coefficient (Wildman–Crippen LogP) is 1.91. The number of ketones is 1. The zero-order valence-electron chi connectivity index (χ0n) is 7.95. The van der Waals surface area contributed by atoms with Crippen molar-refractivity contribution in [1.29, 1.82) is 5.26 Å². The van der Waals surface area contributed by atoms with Gasteiger partial charge in [-0.2, -0.15) is 17.9 Å². The van der Waals surface area contributed by atoms with Crippen LogP contribution in [0.4, 0.5) is 0 Å². The Bertz CT molecular complexity index is 393. The molecule has 0 radical (unpaired) electrons. The molecule has 0 atom stereocenters. The molecule has 0 N–H and O–H groups in total. The van der Waals surface area contributed by atoms with Crippen LogP contribution in [0, 0.1) is 18.3 Å². The molecule has 0 aliphatic rings. The van der Waals surface area contributed by atoms with Crippen LogP contribution >= 0.6 is 12.6 Å². The normalized spacial score (nSPS) is 9.50. The summed E-state index contributed by atoms with van der Waals surface area (Å²) < 4.78 is 0. The highest BCUT2D eigenvalue weighted by atomic mass is 32.1. The Morgan fingerprint density at radius 3 is 2.86 bits per heavy atom. The molecule has 0 unspecified atom stereocenters. The van der Waals surface area contributed by atoms with Crippen LogP contribution in [0.5, 0.6) is 0 Å². The molecule has 0 spiro atoms. The number of rotatable bonds is 3. The molecule has 0 bridgehead atoms. The maximum Gasteiger partial charge on any atom is 0.146 e. The summed E-state index contributed by atoms with van der Waals surface area (Å²) in [5.41, 5.74) is 2.45. The average Bonchev–Trinajstić information content (AvgIpc) is 2.20. The van der Waals surface area contributed by atoms with Crippen LogP contribution in [0.3, 0.4) is 0 Å². The molecular weight excluding hydrogens is 194 g/mol. The second-order valence-electron chi connectivity index (χ2n) is 3.13. The molecule has 72 valence electrons. The predicted molar refractivity (Wildman–Crippen MR) is 58.5 cm³/mol. The highest BCUT2D eigenvalue weighted by Crippen LogP contribution is 2.10. The fourth-order valence-electron chi connectivity index (χ4n) is 1.18. The van der Waals surface area contributed by atoms with E-state index >= 15 is 0 Å². The van der Waals surface area contributed by atoms with Gasteiger partial charge in [0.15, 0.2) is 0 Å². The third-order valence-electron chi connectivity index (χ3n) is 2.00. The van der Waals surface area contributed by atoms with Gasteiger partial charge in [-0.1, -0.05) is 12.1 Å². The van der Waals surface area contributed by atoms with Gasteiger partial charge in [-0.3, -0.25) is 4.79 Å². The van der Waals surface area contributed by atoms with Gasteiger partial charge in [0.25, 0.3) is 0 Å². The number of aryl methyl sites for hydroxylation is 1. The molecule has 1 aromatic carbocycles. The SMILES string of the molecule is Cc1ccc(CC(=O)CS)cc1C#N. The van der Waals surface area contributed by atoms with E-state index in [-0.39, 0.29) is 11.5 Å². The Kier molecular flexibility index (Phi) is 3.73. The summed E-state index contributed by atoms with van der Waals surface area (Å²) in [7, 11) is 0. The number of nitrogens with zero attached hydrogens (tertiary/aromatic N) is 1. The molecule has 0 heterocycles. The van der Waals surface area contributed by atoms with Crippen molar-refractivity contribution >= 4 is 18.4 Å². The molecule has 0 aromatic heterocycles. The minimum atomic E-state index is 0.0704. The molecule has 0 saturated carbocycles. The summed E-state index contributed by atoms with van der Waals surface area (Å²) in [5.74, 6) is 0.316. The summed E-state index contributed by atoms with van der Waals surface area (Å²) >= 11 is 3.90. The summed E-state index contributed by atoms with van der Waals surface area (Å²) in [6, 6.07) is 7.59. The van der Waals surface area contributed by atoms with Gasteiger partial charge in [0, 0.05) is 12.2 Å². The number of carbonyl (C=O) groups excluding carboxylic acids is 1. The van der Waals surface area contributed by atoms with E-state index in [0.717, 1.165) is 11.1 Å². The van der Waals surface area contributed by atoms with Crippen LogP contribution in [0.1, 0.15) is 16.7 Å². The number of Topliss-reactive ketones (excluding diaryl/α,β-unsaturated/α-hetero) is 1. The molecule has 2 nitrogen and oxygen atoms in total. The number of nitriles is 1. The van der Waals surface area contributed by atoms with E-state index in [2.05, 4.69) is 18.7 Å². The van der Waals surface area contributed by atoms with Crippen molar-refractivity contribution in [3.05, 3.63) is 34.9 Å². The van der Waals surface area contributed by atoms with E-state index in [9.17, 15) is 4.79 Å². The van der Waals surface area contributed by atoms with Crippen molar-refractivity contribution < 1.29 is 4.79 Å². The topological polar surface area (TPSA) is 40.9 Å². The van der Waals surface area contributed by atoms with Gasteiger partial charge >= 0.3 is 0 Å². The summed E-state index contributed by atoms with van der Waals surface area (Å²) in [4.78, 5) is 11.1. The van der Waals surface area contributed by atoms with Crippen LogP contribution in [-0.2, 0) is 11.2 Å². The van der Waals surface area contributed by atoms with Crippen LogP contribution in [0.25, 0.3) is 0 Å². The largest absolute Gasteiger partial charge is 0.298 e. The minimum absolute atomic E-state index is 0.0704. The lowest BCUT2D eigenvalue weighted by atomic mass is 10.0. The first-order valence-corrected chi connectivity index (χ1v) is 4.93. The monoisotopic (exact) mass is 205 g/mol. The Labute approximate surface area is 89.0 Å². The van der Waals surface area contributed by atoms with E-state index in [1.165, 1.54) is 0 Å². The molecule has 0 saturated heterocycles. The molecular formula is C11H11NOS. The Balaban J connectivity index is 2.91. The van der Waals surface area contributed by atoms with Crippen LogP contribution in [0.2, 0.25) is 0 Å². The van der Waals surface area contributed by atoms with Crippen molar-refractivity contribution in [1.82, 2.24) is 0 Å². The Hall–Kier alpha value is -1.27. The third kappa shape index (κ3) is 2.61. The second-order valence-corrected chi connectivity index (χ2v) is 3.45. The van der Waals surface area contributed by atoms with Crippen molar-refractivity contribution in [2.75, 3.05) is 5.75 Å². The van der Waals surface area contributed by atoms with Gasteiger partial charge in [0.05, 0.1) is 11.6 Å². The van der Waals surface area contributed by atoms with E-state index < -0.39 is 0 Å². The molecule has 0 aliphatic carbocycles. The summed E-state index contributed by atoms with van der Waals surface area (Å²) in [6.45, 7) is 1.88. The zero-order chi connectivity index (χ0) is 10.6. The molecule has 14 heavy (non-hydrogen) atoms. The number of hydrogen-bond acceptors (Lipinski definition) is 3. The highest BCUT2D eigenvalue weighted by molar-refractivity contribution is 7.81. The first-order chi connectivity index (χ1) is 6.67. The maximum atomic E-state index is 11.1. The van der Waals surface area contributed by atoms with Gasteiger partial charge in [0.2, 0.25) is 0 Å². The first-order valence-electron chi connectivity index (χ1n) is 4.29. The molecule has 3 heteroatoms. The molecule has 0 aliphatic heterocycles. The van der Waals surface area contributed by atoms with Crippen molar-refractivity contribution in [2.24, 2.45) is 0 Å². The van der Waals surface area contributed by atoms with Crippen LogP contribution in [0.15, 0.2) is 18.2 Å². The Morgan fingerprint density at radius 2 is 2.29 bits per heavy atom. The molecule has 1 aromatic rings. The highest BCUT2D eigenvalue weighted by Gasteiger charge is 2.03. The zero-order valence-corrected chi connectivity index (χ0v) is 8.84. The number of carbonyl (C=O) groups is 1. The maximum absolute atomic E-state index is 11.1. The number of hydrogen-bond donors (Lipinski definition) is 1. The first kappa shape index (κ1) is 10.8. The molecule has 0 amide bonds. The minimum Gasteiger partial charge on any atom is -0.298 e. The van der Waals surface area contributed by atoms with Crippen molar-refractivity contribution in [3.8, 4) is 6.07 Å². The van der Waals surface area contributed by atoms with E-state index in [1.54, 1.807) is 6.07 Å². The van der Waals surface area contributed by atoms with E-state index in [0.29, 0.717) is 12.0 Å². The summed E-state index contributed by atoms with van der Waals surface area (Å²) in [6.07, 6.45) is 0.360. The fourth-order valence-corrected chi connectivity index (χ4v) is 1.29. The van der Waals surface area contributed by atoms with Gasteiger partial charge in [-0.15, -0.1) is 0 Å². The van der Waals surface area contributed by atoms with E-state index in [4.69, 9.17) is 5.26 Å².